The number of hydrogen-bond acceptors (Lipinski definition) is 4. The number of amides is 1. The predicted octanol–water partition coefficient (Wildman–Crippen LogP) is 2.65. The number of nitrogens with one attached hydrogen (secondary N) is 1. The van der Waals surface area contributed by atoms with E-state index in [4.69, 9.17) is 11.6 Å². The molecule has 1 heterocycles. The number of benzene rings is 1. The Balaban J connectivity index is 2.22. The quantitative estimate of drug-likeness (QED) is 0.798. The highest BCUT2D eigenvalue weighted by Crippen LogP contribution is 2.20. The number of carbonyl (C=O) groups excluding carboxylic acids is 1. The Kier molecular flexibility index (Phi) is 5.96. The van der Waals surface area contributed by atoms with E-state index in [9.17, 15) is 9.90 Å². The summed E-state index contributed by atoms with van der Waals surface area (Å²) in [5.41, 5.74) is 1.38. The molecule has 1 unspecified atom stereocenters. The molecule has 0 aliphatic carbocycles. The number of rotatable bonds is 6. The molecule has 0 saturated carbocycles. The molecule has 1 atom stereocenters. The summed E-state index contributed by atoms with van der Waals surface area (Å²) in [5, 5.41) is 12.5. The van der Waals surface area contributed by atoms with Crippen molar-refractivity contribution in [2.75, 3.05) is 25.6 Å². The summed E-state index contributed by atoms with van der Waals surface area (Å²) in [4.78, 5) is 18.5. The van der Waals surface area contributed by atoms with Gasteiger partial charge in [-0.05, 0) is 24.1 Å². The largest absolute Gasteiger partial charge is 0.396 e. The van der Waals surface area contributed by atoms with E-state index in [-0.39, 0.29) is 23.7 Å². The maximum atomic E-state index is 12.5. The fraction of sp³-hybridized carbons (Fsp3) is 0.294. The number of carbonyl (C=O) groups is 1. The summed E-state index contributed by atoms with van der Waals surface area (Å²) >= 11 is 6.00. The third-order valence-corrected chi connectivity index (χ3v) is 3.62. The molecule has 23 heavy (non-hydrogen) atoms. The van der Waals surface area contributed by atoms with Gasteiger partial charge in [-0.25, -0.2) is 4.98 Å². The average Bonchev–Trinajstić information content (AvgIpc) is 2.54. The van der Waals surface area contributed by atoms with Gasteiger partial charge in [-0.15, -0.1) is 0 Å². The Labute approximate surface area is 140 Å². The van der Waals surface area contributed by atoms with Crippen LogP contribution in [0.15, 0.2) is 42.5 Å². The second kappa shape index (κ2) is 7.94. The van der Waals surface area contributed by atoms with Crippen molar-refractivity contribution in [2.45, 2.75) is 12.5 Å². The molecule has 122 valence electrons. The van der Waals surface area contributed by atoms with Gasteiger partial charge in [-0.3, -0.25) is 4.79 Å². The van der Waals surface area contributed by atoms with Gasteiger partial charge in [0.05, 0.1) is 6.04 Å². The molecule has 2 N–H and O–H groups in total. The minimum Gasteiger partial charge on any atom is -0.396 e. The minimum absolute atomic E-state index is 0.0140. The lowest BCUT2D eigenvalue weighted by atomic mass is 10.0. The van der Waals surface area contributed by atoms with Gasteiger partial charge in [0.15, 0.2) is 0 Å². The van der Waals surface area contributed by atoms with Crippen molar-refractivity contribution in [1.29, 1.82) is 0 Å². The van der Waals surface area contributed by atoms with E-state index in [0.717, 1.165) is 5.56 Å². The van der Waals surface area contributed by atoms with Gasteiger partial charge in [-0.1, -0.05) is 41.9 Å². The average molecular weight is 334 g/mol. The number of aliphatic hydroxyl groups is 1. The van der Waals surface area contributed by atoms with Gasteiger partial charge in [-0.2, -0.15) is 0 Å². The second-order valence-corrected chi connectivity index (χ2v) is 5.77. The Morgan fingerprint density at radius 3 is 2.61 bits per heavy atom. The zero-order valence-electron chi connectivity index (χ0n) is 13.2. The third kappa shape index (κ3) is 4.68. The Hall–Kier alpha value is -2.11. The van der Waals surface area contributed by atoms with Crippen molar-refractivity contribution in [3.63, 3.8) is 0 Å². The van der Waals surface area contributed by atoms with Crippen LogP contribution in [0.25, 0.3) is 0 Å². The van der Waals surface area contributed by atoms with Crippen molar-refractivity contribution in [2.24, 2.45) is 0 Å². The molecule has 0 aliphatic rings. The number of nitrogens with zero attached hydrogens (tertiary/aromatic N) is 2. The number of halogens is 1. The first-order valence-corrected chi connectivity index (χ1v) is 7.70. The number of pyridine rings is 1. The van der Waals surface area contributed by atoms with E-state index in [2.05, 4.69) is 10.3 Å². The van der Waals surface area contributed by atoms with Gasteiger partial charge >= 0.3 is 0 Å². The Morgan fingerprint density at radius 2 is 2.00 bits per heavy atom. The van der Waals surface area contributed by atoms with Crippen molar-refractivity contribution in [3.8, 4) is 0 Å². The smallest absolute Gasteiger partial charge is 0.252 e. The second-order valence-electron chi connectivity index (χ2n) is 5.38. The lowest BCUT2D eigenvalue weighted by Crippen LogP contribution is -2.29. The van der Waals surface area contributed by atoms with Crippen LogP contribution in [0.5, 0.6) is 0 Å². The minimum atomic E-state index is -0.261. The number of aromatic nitrogens is 1. The Morgan fingerprint density at radius 1 is 1.30 bits per heavy atom. The molecule has 1 amide bonds. The fourth-order valence-electron chi connectivity index (χ4n) is 2.22. The molecule has 5 nitrogen and oxygen atoms in total. The molecule has 2 rings (SSSR count). The molecule has 0 saturated heterocycles. The topological polar surface area (TPSA) is 65.5 Å². The summed E-state index contributed by atoms with van der Waals surface area (Å²) < 4.78 is 0. The van der Waals surface area contributed by atoms with Gasteiger partial charge < -0.3 is 15.3 Å². The normalized spacial score (nSPS) is 11.8. The molecular formula is C17H20ClN3O2. The van der Waals surface area contributed by atoms with E-state index in [1.54, 1.807) is 11.0 Å². The monoisotopic (exact) mass is 333 g/mol. The highest BCUT2D eigenvalue weighted by Gasteiger charge is 2.17. The van der Waals surface area contributed by atoms with Crippen LogP contribution >= 0.6 is 11.6 Å². The summed E-state index contributed by atoms with van der Waals surface area (Å²) in [6.07, 6.45) is 0.440. The van der Waals surface area contributed by atoms with Gasteiger partial charge in [0.2, 0.25) is 0 Å². The standard InChI is InChI=1S/C17H20ClN3O2/c1-21(2)16-11-13(10-15(18)20-16)17(23)19-14(8-9-22)12-6-4-3-5-7-12/h3-7,10-11,14,22H,8-9H2,1-2H3,(H,19,23). The van der Waals surface area contributed by atoms with Crippen molar-refractivity contribution >= 4 is 23.3 Å². The van der Waals surface area contributed by atoms with Crippen molar-refractivity contribution in [3.05, 3.63) is 58.7 Å². The number of hydrogen-bond donors (Lipinski definition) is 2. The maximum Gasteiger partial charge on any atom is 0.252 e. The number of aliphatic hydroxyl groups excluding tert-OH is 1. The molecule has 6 heteroatoms. The van der Waals surface area contributed by atoms with E-state index >= 15 is 0 Å². The van der Waals surface area contributed by atoms with Crippen LogP contribution in [0, 0.1) is 0 Å². The van der Waals surface area contributed by atoms with Crippen LogP contribution in [0.2, 0.25) is 5.15 Å². The zero-order valence-corrected chi connectivity index (χ0v) is 13.9. The molecule has 1 aromatic heterocycles. The highest BCUT2D eigenvalue weighted by atomic mass is 35.5. The van der Waals surface area contributed by atoms with E-state index < -0.39 is 0 Å². The van der Waals surface area contributed by atoms with Gasteiger partial charge in [0.25, 0.3) is 5.91 Å². The van der Waals surface area contributed by atoms with Crippen LogP contribution in [0.3, 0.4) is 0 Å². The molecular weight excluding hydrogens is 314 g/mol. The van der Waals surface area contributed by atoms with Crippen LogP contribution in [0.4, 0.5) is 5.82 Å². The third-order valence-electron chi connectivity index (χ3n) is 3.43. The summed E-state index contributed by atoms with van der Waals surface area (Å²) in [6, 6.07) is 12.5. The summed E-state index contributed by atoms with van der Waals surface area (Å²) in [5.74, 6) is 0.362. The molecule has 2 aromatic rings. The highest BCUT2D eigenvalue weighted by molar-refractivity contribution is 6.29. The van der Waals surface area contributed by atoms with Crippen LogP contribution < -0.4 is 10.2 Å². The first-order valence-electron chi connectivity index (χ1n) is 7.33. The van der Waals surface area contributed by atoms with E-state index in [0.29, 0.717) is 17.8 Å². The molecule has 0 radical (unpaired) electrons. The SMILES string of the molecule is CN(C)c1cc(C(=O)NC(CCO)c2ccccc2)cc(Cl)n1. The summed E-state index contributed by atoms with van der Waals surface area (Å²) in [7, 11) is 3.66. The predicted molar refractivity (Wildman–Crippen MR) is 91.9 cm³/mol. The van der Waals surface area contributed by atoms with Crippen LogP contribution in [-0.2, 0) is 0 Å². The molecule has 1 aromatic carbocycles. The van der Waals surface area contributed by atoms with E-state index in [1.165, 1.54) is 6.07 Å². The zero-order chi connectivity index (χ0) is 16.8. The first kappa shape index (κ1) is 17.2. The van der Waals surface area contributed by atoms with Gasteiger partial charge in [0, 0.05) is 26.3 Å². The molecule has 0 fully saturated rings. The van der Waals surface area contributed by atoms with Crippen molar-refractivity contribution < 1.29 is 9.90 Å². The van der Waals surface area contributed by atoms with Crippen LogP contribution in [0.1, 0.15) is 28.4 Å². The van der Waals surface area contributed by atoms with Crippen molar-refractivity contribution in [1.82, 2.24) is 10.3 Å². The molecule has 0 spiro atoms. The number of anilines is 1. The summed E-state index contributed by atoms with van der Waals surface area (Å²) in [6.45, 7) is -0.0140. The van der Waals surface area contributed by atoms with Crippen LogP contribution in [-0.4, -0.2) is 36.7 Å². The lowest BCUT2D eigenvalue weighted by molar-refractivity contribution is 0.0930. The maximum absolute atomic E-state index is 12.5. The fourth-order valence-corrected chi connectivity index (χ4v) is 2.43. The first-order chi connectivity index (χ1) is 11.0. The van der Waals surface area contributed by atoms with Gasteiger partial charge in [0.1, 0.15) is 11.0 Å². The van der Waals surface area contributed by atoms with E-state index in [1.807, 2.05) is 44.4 Å². The molecule has 0 aliphatic heterocycles. The molecule has 0 bridgehead atoms. The Bertz CT molecular complexity index is 662. The lowest BCUT2D eigenvalue weighted by Gasteiger charge is -2.19.